The van der Waals surface area contributed by atoms with Crippen LogP contribution in [0.5, 0.6) is 5.75 Å². The molecule has 0 aliphatic carbocycles. The van der Waals surface area contributed by atoms with Crippen molar-refractivity contribution in [3.63, 3.8) is 0 Å². The number of halogens is 1. The number of hydrogen-bond acceptors (Lipinski definition) is 4. The lowest BCUT2D eigenvalue weighted by Crippen LogP contribution is -2.12. The number of benzene rings is 2. The summed E-state index contributed by atoms with van der Waals surface area (Å²) in [5.41, 5.74) is 4.67. The summed E-state index contributed by atoms with van der Waals surface area (Å²) >= 11 is 3.52. The minimum Gasteiger partial charge on any atom is -0.494 e. The molecule has 0 unspecified atom stereocenters. The number of carbonyl (C=O) groups excluding carboxylic acids is 1. The van der Waals surface area contributed by atoms with Gasteiger partial charge in [0.25, 0.3) is 0 Å². The number of esters is 1. The van der Waals surface area contributed by atoms with Crippen molar-refractivity contribution in [1.29, 1.82) is 0 Å². The number of carbonyl (C=O) groups is 1. The first-order chi connectivity index (χ1) is 11.9. The van der Waals surface area contributed by atoms with Gasteiger partial charge in [0.15, 0.2) is 0 Å². The molecule has 0 aliphatic heterocycles. The van der Waals surface area contributed by atoms with Gasteiger partial charge in [0.05, 0.1) is 25.0 Å². The Bertz CT molecular complexity index is 739. The molecule has 5 heteroatoms. The van der Waals surface area contributed by atoms with Crippen molar-refractivity contribution in [2.24, 2.45) is 0 Å². The molecular formula is C20H24BrNO3. The van der Waals surface area contributed by atoms with Gasteiger partial charge in [-0.3, -0.25) is 0 Å². The number of ether oxygens (including phenoxy) is 2. The number of aryl methyl sites for hydroxylation is 3. The average molecular weight is 406 g/mol. The van der Waals surface area contributed by atoms with Crippen molar-refractivity contribution in [3.8, 4) is 5.75 Å². The summed E-state index contributed by atoms with van der Waals surface area (Å²) < 4.78 is 11.5. The Kier molecular flexibility index (Phi) is 6.88. The summed E-state index contributed by atoms with van der Waals surface area (Å²) in [4.78, 5) is 12.0. The van der Waals surface area contributed by atoms with Crippen LogP contribution in [0.3, 0.4) is 0 Å². The van der Waals surface area contributed by atoms with Gasteiger partial charge in [-0.2, -0.15) is 0 Å². The van der Waals surface area contributed by atoms with E-state index >= 15 is 0 Å². The fourth-order valence-electron chi connectivity index (χ4n) is 2.68. The van der Waals surface area contributed by atoms with E-state index in [1.807, 2.05) is 31.2 Å². The Hall–Kier alpha value is -2.01. The van der Waals surface area contributed by atoms with Crippen LogP contribution in [0, 0.1) is 20.8 Å². The Labute approximate surface area is 157 Å². The van der Waals surface area contributed by atoms with E-state index in [4.69, 9.17) is 9.47 Å². The molecule has 0 saturated heterocycles. The molecule has 1 N–H and O–H groups in total. The van der Waals surface area contributed by atoms with Gasteiger partial charge in [0.1, 0.15) is 5.75 Å². The zero-order valence-corrected chi connectivity index (χ0v) is 16.7. The van der Waals surface area contributed by atoms with Crippen LogP contribution in [-0.4, -0.2) is 26.2 Å². The molecule has 0 saturated carbocycles. The lowest BCUT2D eigenvalue weighted by atomic mass is 10.1. The van der Waals surface area contributed by atoms with Gasteiger partial charge in [-0.05, 0) is 84.1 Å². The lowest BCUT2D eigenvalue weighted by molar-refractivity contribution is 0.0601. The smallest absolute Gasteiger partial charge is 0.340 e. The normalized spacial score (nSPS) is 10.4. The third-order valence-corrected chi connectivity index (χ3v) is 4.35. The lowest BCUT2D eigenvalue weighted by Gasteiger charge is -2.14. The predicted octanol–water partition coefficient (Wildman–Crippen LogP) is 5.04. The van der Waals surface area contributed by atoms with Crippen LogP contribution in [-0.2, 0) is 4.74 Å². The van der Waals surface area contributed by atoms with Crippen molar-refractivity contribution in [2.45, 2.75) is 27.2 Å². The molecule has 25 heavy (non-hydrogen) atoms. The number of nitrogens with one attached hydrogen (secondary N) is 1. The average Bonchev–Trinajstić information content (AvgIpc) is 2.54. The molecule has 0 aromatic heterocycles. The van der Waals surface area contributed by atoms with Crippen LogP contribution in [0.4, 0.5) is 5.69 Å². The molecule has 0 atom stereocenters. The quantitative estimate of drug-likeness (QED) is 0.517. The van der Waals surface area contributed by atoms with E-state index in [-0.39, 0.29) is 5.97 Å². The van der Waals surface area contributed by atoms with E-state index in [9.17, 15) is 4.79 Å². The minimum atomic E-state index is -0.349. The first-order valence-electron chi connectivity index (χ1n) is 8.24. The fraction of sp³-hybridized carbons (Fsp3) is 0.350. The molecule has 0 heterocycles. The van der Waals surface area contributed by atoms with E-state index in [1.165, 1.54) is 18.2 Å². The van der Waals surface area contributed by atoms with Gasteiger partial charge >= 0.3 is 5.97 Å². The minimum absolute atomic E-state index is 0.349. The van der Waals surface area contributed by atoms with Crippen LogP contribution in [0.2, 0.25) is 0 Å². The van der Waals surface area contributed by atoms with Crippen LogP contribution in [0.15, 0.2) is 34.8 Å². The molecule has 134 valence electrons. The fourth-order valence-corrected chi connectivity index (χ4v) is 3.40. The van der Waals surface area contributed by atoms with E-state index in [1.54, 1.807) is 0 Å². The highest BCUT2D eigenvalue weighted by molar-refractivity contribution is 9.10. The third-order valence-electron chi connectivity index (χ3n) is 3.73. The summed E-state index contributed by atoms with van der Waals surface area (Å²) in [5, 5.41) is 3.31. The standard InChI is InChI=1S/C20H24BrNO3/c1-13-8-14(2)10-16(9-13)25-7-5-6-22-19-17(20(23)24-4)11-15(3)12-18(19)21/h8-12,22H,5-7H2,1-4H3. The first-order valence-corrected chi connectivity index (χ1v) is 9.03. The summed E-state index contributed by atoms with van der Waals surface area (Å²) in [6.07, 6.45) is 0.813. The summed E-state index contributed by atoms with van der Waals surface area (Å²) in [6.45, 7) is 7.36. The maximum atomic E-state index is 12.0. The summed E-state index contributed by atoms with van der Waals surface area (Å²) in [6, 6.07) is 9.99. The van der Waals surface area contributed by atoms with E-state index in [2.05, 4.69) is 41.2 Å². The Morgan fingerprint density at radius 1 is 1.04 bits per heavy atom. The number of rotatable bonds is 7. The van der Waals surface area contributed by atoms with Crippen molar-refractivity contribution in [2.75, 3.05) is 25.6 Å². The molecule has 0 spiro atoms. The van der Waals surface area contributed by atoms with Crippen LogP contribution < -0.4 is 10.1 Å². The largest absolute Gasteiger partial charge is 0.494 e. The Balaban J connectivity index is 1.92. The monoisotopic (exact) mass is 405 g/mol. The van der Waals surface area contributed by atoms with Crippen molar-refractivity contribution >= 4 is 27.6 Å². The van der Waals surface area contributed by atoms with Gasteiger partial charge < -0.3 is 14.8 Å². The van der Waals surface area contributed by atoms with E-state index in [0.29, 0.717) is 18.7 Å². The van der Waals surface area contributed by atoms with Gasteiger partial charge in [-0.1, -0.05) is 6.07 Å². The molecule has 2 rings (SSSR count). The second-order valence-electron chi connectivity index (χ2n) is 6.11. The van der Waals surface area contributed by atoms with E-state index < -0.39 is 0 Å². The van der Waals surface area contributed by atoms with Gasteiger partial charge in [-0.15, -0.1) is 0 Å². The molecule has 0 aliphatic rings. The summed E-state index contributed by atoms with van der Waals surface area (Å²) in [7, 11) is 1.39. The van der Waals surface area contributed by atoms with Crippen LogP contribution in [0.25, 0.3) is 0 Å². The molecule has 0 fully saturated rings. The second-order valence-corrected chi connectivity index (χ2v) is 6.97. The molecule has 2 aromatic rings. The van der Waals surface area contributed by atoms with Crippen LogP contribution >= 0.6 is 15.9 Å². The second kappa shape index (κ2) is 8.90. The van der Waals surface area contributed by atoms with Gasteiger partial charge in [0, 0.05) is 11.0 Å². The predicted molar refractivity (Wildman–Crippen MR) is 105 cm³/mol. The SMILES string of the molecule is COC(=O)c1cc(C)cc(Br)c1NCCCOc1cc(C)cc(C)c1. The van der Waals surface area contributed by atoms with Crippen molar-refractivity contribution in [3.05, 3.63) is 57.1 Å². The molecular weight excluding hydrogens is 382 g/mol. The van der Waals surface area contributed by atoms with Crippen molar-refractivity contribution in [1.82, 2.24) is 0 Å². The van der Waals surface area contributed by atoms with Crippen LogP contribution in [0.1, 0.15) is 33.5 Å². The zero-order chi connectivity index (χ0) is 18.4. The molecule has 0 bridgehead atoms. The first kappa shape index (κ1) is 19.3. The molecule has 0 amide bonds. The highest BCUT2D eigenvalue weighted by Crippen LogP contribution is 2.29. The Morgan fingerprint density at radius 3 is 2.32 bits per heavy atom. The number of anilines is 1. The zero-order valence-electron chi connectivity index (χ0n) is 15.1. The van der Waals surface area contributed by atoms with E-state index in [0.717, 1.165) is 27.9 Å². The van der Waals surface area contributed by atoms with Gasteiger partial charge in [0.2, 0.25) is 0 Å². The maximum absolute atomic E-state index is 12.0. The molecule has 4 nitrogen and oxygen atoms in total. The number of methoxy groups -OCH3 is 1. The highest BCUT2D eigenvalue weighted by Gasteiger charge is 2.15. The van der Waals surface area contributed by atoms with Crippen molar-refractivity contribution < 1.29 is 14.3 Å². The van der Waals surface area contributed by atoms with Gasteiger partial charge in [-0.25, -0.2) is 4.79 Å². The maximum Gasteiger partial charge on any atom is 0.340 e. The third kappa shape index (κ3) is 5.49. The molecule has 2 aromatic carbocycles. The number of hydrogen-bond donors (Lipinski definition) is 1. The summed E-state index contributed by atoms with van der Waals surface area (Å²) in [5.74, 6) is 0.544. The topological polar surface area (TPSA) is 47.6 Å². The molecule has 0 radical (unpaired) electrons. The Morgan fingerprint density at radius 2 is 1.68 bits per heavy atom. The highest BCUT2D eigenvalue weighted by atomic mass is 79.9.